The zero-order valence-electron chi connectivity index (χ0n) is 15.9. The van der Waals surface area contributed by atoms with Gasteiger partial charge in [0, 0.05) is 58.1 Å². The van der Waals surface area contributed by atoms with Crippen LogP contribution >= 0.6 is 0 Å². The van der Waals surface area contributed by atoms with Crippen LogP contribution in [0.15, 0.2) is 18.5 Å². The molecule has 2 unspecified atom stereocenters. The van der Waals surface area contributed by atoms with Crippen LogP contribution in [0.2, 0.25) is 0 Å². The average molecular weight is 361 g/mol. The Labute approximate surface area is 156 Å². The van der Waals surface area contributed by atoms with Crippen molar-refractivity contribution in [3.8, 4) is 0 Å². The molecule has 0 aromatic carbocycles. The van der Waals surface area contributed by atoms with Crippen molar-refractivity contribution in [3.05, 3.63) is 18.5 Å². The summed E-state index contributed by atoms with van der Waals surface area (Å²) in [6.45, 7) is 9.87. The molecule has 0 spiro atoms. The maximum Gasteiger partial charge on any atom is 0.225 e. The molecule has 0 bridgehead atoms. The van der Waals surface area contributed by atoms with Gasteiger partial charge < -0.3 is 15.5 Å². The van der Waals surface area contributed by atoms with Crippen molar-refractivity contribution in [2.45, 2.75) is 26.2 Å². The summed E-state index contributed by atoms with van der Waals surface area (Å²) in [5.41, 5.74) is 0. The number of aromatic nitrogens is 2. The molecule has 3 heterocycles. The Morgan fingerprint density at radius 2 is 2.08 bits per heavy atom. The van der Waals surface area contributed by atoms with Crippen LogP contribution in [-0.4, -0.2) is 73.1 Å². The molecule has 2 atom stereocenters. The van der Waals surface area contributed by atoms with E-state index >= 15 is 0 Å². The first-order valence-electron chi connectivity index (χ1n) is 9.94. The summed E-state index contributed by atoms with van der Waals surface area (Å²) in [4.78, 5) is 25.4. The molecule has 144 valence electrons. The molecular formula is C19H32N6O. The van der Waals surface area contributed by atoms with Gasteiger partial charge in [0.1, 0.15) is 0 Å². The summed E-state index contributed by atoms with van der Waals surface area (Å²) < 4.78 is 0. The third kappa shape index (κ3) is 5.64. The van der Waals surface area contributed by atoms with Gasteiger partial charge in [0.2, 0.25) is 11.9 Å². The zero-order chi connectivity index (χ0) is 18.2. The average Bonchev–Trinajstić information content (AvgIpc) is 2.70. The van der Waals surface area contributed by atoms with Crippen LogP contribution in [-0.2, 0) is 4.79 Å². The fraction of sp³-hybridized carbons (Fsp3) is 0.737. The van der Waals surface area contributed by atoms with Gasteiger partial charge in [-0.25, -0.2) is 9.97 Å². The summed E-state index contributed by atoms with van der Waals surface area (Å²) in [7, 11) is 0. The Hall–Kier alpha value is -1.73. The number of nitrogens with zero attached hydrogens (tertiary/aromatic N) is 4. The molecule has 7 heteroatoms. The second-order valence-corrected chi connectivity index (χ2v) is 7.52. The van der Waals surface area contributed by atoms with Crippen LogP contribution in [0.4, 0.5) is 5.95 Å². The molecule has 2 aliphatic heterocycles. The summed E-state index contributed by atoms with van der Waals surface area (Å²) in [6, 6.07) is 1.84. The minimum atomic E-state index is 0.194. The van der Waals surface area contributed by atoms with E-state index in [1.165, 1.54) is 12.8 Å². The van der Waals surface area contributed by atoms with Crippen molar-refractivity contribution in [1.29, 1.82) is 0 Å². The van der Waals surface area contributed by atoms with Gasteiger partial charge in [-0.05, 0) is 43.8 Å². The minimum Gasteiger partial charge on any atom is -0.355 e. The number of hydrogen-bond donors (Lipinski definition) is 2. The molecule has 2 aliphatic rings. The molecule has 1 amide bonds. The lowest BCUT2D eigenvalue weighted by molar-refractivity contribution is -0.122. The molecular weight excluding hydrogens is 328 g/mol. The van der Waals surface area contributed by atoms with Gasteiger partial charge in [0.15, 0.2) is 0 Å². The van der Waals surface area contributed by atoms with Crippen LogP contribution in [0.1, 0.15) is 26.2 Å². The Kier molecular flexibility index (Phi) is 7.20. The minimum absolute atomic E-state index is 0.194. The van der Waals surface area contributed by atoms with E-state index in [2.05, 4.69) is 37.3 Å². The number of piperidine rings is 1. The topological polar surface area (TPSA) is 73.4 Å². The van der Waals surface area contributed by atoms with Crippen molar-refractivity contribution in [2.75, 3.05) is 57.3 Å². The van der Waals surface area contributed by atoms with Crippen LogP contribution in [0, 0.1) is 11.8 Å². The van der Waals surface area contributed by atoms with E-state index in [1.807, 2.05) is 6.07 Å². The third-order valence-electron chi connectivity index (χ3n) is 5.60. The SMILES string of the molecule is CC(CC(=O)NCCN1CCN(c2ncccn2)CC1)C1CCCNC1. The lowest BCUT2D eigenvalue weighted by Gasteiger charge is -2.34. The Balaban J connectivity index is 1.29. The van der Waals surface area contributed by atoms with Crippen molar-refractivity contribution in [3.63, 3.8) is 0 Å². The van der Waals surface area contributed by atoms with E-state index in [1.54, 1.807) is 12.4 Å². The summed E-state index contributed by atoms with van der Waals surface area (Å²) in [5.74, 6) is 2.10. The van der Waals surface area contributed by atoms with Gasteiger partial charge in [-0.3, -0.25) is 9.69 Å². The second-order valence-electron chi connectivity index (χ2n) is 7.52. The third-order valence-corrected chi connectivity index (χ3v) is 5.60. The van der Waals surface area contributed by atoms with E-state index in [4.69, 9.17) is 0 Å². The number of hydrogen-bond acceptors (Lipinski definition) is 6. The Morgan fingerprint density at radius 1 is 1.31 bits per heavy atom. The number of piperazine rings is 1. The molecule has 2 saturated heterocycles. The first-order chi connectivity index (χ1) is 12.7. The van der Waals surface area contributed by atoms with E-state index in [0.29, 0.717) is 18.3 Å². The van der Waals surface area contributed by atoms with Crippen molar-refractivity contribution in [2.24, 2.45) is 11.8 Å². The van der Waals surface area contributed by atoms with E-state index in [-0.39, 0.29) is 5.91 Å². The first kappa shape index (κ1) is 19.0. The van der Waals surface area contributed by atoms with Gasteiger partial charge in [-0.15, -0.1) is 0 Å². The number of anilines is 1. The highest BCUT2D eigenvalue weighted by molar-refractivity contribution is 5.76. The summed E-state index contributed by atoms with van der Waals surface area (Å²) in [6.07, 6.45) is 6.70. The Morgan fingerprint density at radius 3 is 2.77 bits per heavy atom. The number of nitrogens with one attached hydrogen (secondary N) is 2. The van der Waals surface area contributed by atoms with E-state index in [9.17, 15) is 4.79 Å². The molecule has 0 aliphatic carbocycles. The van der Waals surface area contributed by atoms with Crippen LogP contribution in [0.3, 0.4) is 0 Å². The van der Waals surface area contributed by atoms with Gasteiger partial charge in [0.05, 0.1) is 0 Å². The molecule has 7 nitrogen and oxygen atoms in total. The number of carbonyl (C=O) groups is 1. The van der Waals surface area contributed by atoms with Crippen molar-refractivity contribution in [1.82, 2.24) is 25.5 Å². The highest BCUT2D eigenvalue weighted by Crippen LogP contribution is 2.22. The smallest absolute Gasteiger partial charge is 0.225 e. The van der Waals surface area contributed by atoms with E-state index in [0.717, 1.165) is 58.3 Å². The molecule has 2 fully saturated rings. The molecule has 1 aromatic heterocycles. The van der Waals surface area contributed by atoms with Crippen molar-refractivity contribution >= 4 is 11.9 Å². The summed E-state index contributed by atoms with van der Waals surface area (Å²) >= 11 is 0. The first-order valence-corrected chi connectivity index (χ1v) is 9.94. The maximum absolute atomic E-state index is 12.2. The number of rotatable bonds is 7. The zero-order valence-corrected chi connectivity index (χ0v) is 15.9. The van der Waals surface area contributed by atoms with Gasteiger partial charge in [-0.2, -0.15) is 0 Å². The largest absolute Gasteiger partial charge is 0.355 e. The monoisotopic (exact) mass is 360 g/mol. The predicted octanol–water partition coefficient (Wildman–Crippen LogP) is 0.741. The maximum atomic E-state index is 12.2. The fourth-order valence-electron chi connectivity index (χ4n) is 3.88. The number of carbonyl (C=O) groups excluding carboxylic acids is 1. The van der Waals surface area contributed by atoms with Crippen molar-refractivity contribution < 1.29 is 4.79 Å². The molecule has 0 saturated carbocycles. The van der Waals surface area contributed by atoms with Gasteiger partial charge in [0.25, 0.3) is 0 Å². The molecule has 0 radical (unpaired) electrons. The van der Waals surface area contributed by atoms with E-state index < -0.39 is 0 Å². The number of amides is 1. The molecule has 2 N–H and O–H groups in total. The lowest BCUT2D eigenvalue weighted by atomic mass is 9.85. The molecule has 26 heavy (non-hydrogen) atoms. The normalized spacial score (nSPS) is 22.8. The lowest BCUT2D eigenvalue weighted by Crippen LogP contribution is -2.49. The standard InChI is InChI=1S/C19H32N6O/c1-16(17-4-2-5-20-15-17)14-18(26)21-8-9-24-10-12-25(13-11-24)19-22-6-3-7-23-19/h3,6-7,16-17,20H,2,4-5,8-15H2,1H3,(H,21,26). The predicted molar refractivity (Wildman–Crippen MR) is 103 cm³/mol. The fourth-order valence-corrected chi connectivity index (χ4v) is 3.88. The van der Waals surface area contributed by atoms with Crippen LogP contribution in [0.25, 0.3) is 0 Å². The van der Waals surface area contributed by atoms with Crippen LogP contribution in [0.5, 0.6) is 0 Å². The highest BCUT2D eigenvalue weighted by atomic mass is 16.1. The quantitative estimate of drug-likeness (QED) is 0.747. The highest BCUT2D eigenvalue weighted by Gasteiger charge is 2.22. The molecule has 3 rings (SSSR count). The molecule has 1 aromatic rings. The second kappa shape index (κ2) is 9.83. The van der Waals surface area contributed by atoms with Gasteiger partial charge >= 0.3 is 0 Å². The van der Waals surface area contributed by atoms with Crippen LogP contribution < -0.4 is 15.5 Å². The van der Waals surface area contributed by atoms with Gasteiger partial charge in [-0.1, -0.05) is 6.92 Å². The summed E-state index contributed by atoms with van der Waals surface area (Å²) in [5, 5.41) is 6.54. The Bertz CT molecular complexity index is 540.